The second kappa shape index (κ2) is 6.65. The molecule has 2 aliphatic heterocycles. The molecule has 2 amide bonds. The van der Waals surface area contributed by atoms with E-state index in [1.165, 1.54) is 0 Å². The second-order valence-electron chi connectivity index (χ2n) is 8.22. The molecule has 2 heterocycles. The molecule has 0 aromatic heterocycles. The topological polar surface area (TPSA) is 95.9 Å². The third-order valence-electron chi connectivity index (χ3n) is 6.20. The van der Waals surface area contributed by atoms with E-state index < -0.39 is 36.0 Å². The van der Waals surface area contributed by atoms with E-state index in [1.807, 2.05) is 13.8 Å². The highest BCUT2D eigenvalue weighted by Crippen LogP contribution is 2.64. The standard InChI is InChI=1S/C17H23F3N2O5/c1-16(2)9-6-22(12(11(9)16)14(24)25)13(23)10(5-8-3-4-27-7-8)21-15(26)17(18,19)20/h8-12H,3-7H2,1-2H3,(H,21,26)(H,24,25)/t8?,9-,10?,11-,12-/m0/s1. The van der Waals surface area contributed by atoms with Gasteiger partial charge < -0.3 is 20.1 Å². The highest BCUT2D eigenvalue weighted by molar-refractivity contribution is 5.92. The van der Waals surface area contributed by atoms with Crippen LogP contribution in [-0.2, 0) is 19.1 Å². The van der Waals surface area contributed by atoms with Crippen LogP contribution in [0.3, 0.4) is 0 Å². The number of nitrogens with one attached hydrogen (secondary N) is 1. The molecule has 3 rings (SSSR count). The largest absolute Gasteiger partial charge is 0.480 e. The number of ether oxygens (including phenoxy) is 1. The number of carbonyl (C=O) groups excluding carboxylic acids is 2. The minimum Gasteiger partial charge on any atom is -0.480 e. The Kier molecular flexibility index (Phi) is 4.90. The van der Waals surface area contributed by atoms with Crippen LogP contribution in [0.1, 0.15) is 26.7 Å². The molecule has 0 radical (unpaired) electrons. The Balaban J connectivity index is 1.77. The third kappa shape index (κ3) is 3.63. The lowest BCUT2D eigenvalue weighted by Crippen LogP contribution is -2.56. The van der Waals surface area contributed by atoms with Crippen LogP contribution in [0.4, 0.5) is 13.2 Å². The minimum absolute atomic E-state index is 0.00340. The highest BCUT2D eigenvalue weighted by atomic mass is 19.4. The van der Waals surface area contributed by atoms with E-state index in [1.54, 1.807) is 5.32 Å². The zero-order valence-electron chi connectivity index (χ0n) is 15.1. The van der Waals surface area contributed by atoms with Crippen molar-refractivity contribution in [3.8, 4) is 0 Å². The monoisotopic (exact) mass is 392 g/mol. The van der Waals surface area contributed by atoms with Crippen LogP contribution in [0.25, 0.3) is 0 Å². The van der Waals surface area contributed by atoms with Crippen molar-refractivity contribution in [2.75, 3.05) is 19.8 Å². The first-order valence-electron chi connectivity index (χ1n) is 8.93. The Morgan fingerprint density at radius 3 is 2.52 bits per heavy atom. The Morgan fingerprint density at radius 2 is 2.00 bits per heavy atom. The van der Waals surface area contributed by atoms with Crippen molar-refractivity contribution in [2.45, 2.75) is 44.9 Å². The van der Waals surface area contributed by atoms with Crippen molar-refractivity contribution in [1.82, 2.24) is 10.2 Å². The smallest absolute Gasteiger partial charge is 0.471 e. The average molecular weight is 392 g/mol. The third-order valence-corrected chi connectivity index (χ3v) is 6.20. The highest BCUT2D eigenvalue weighted by Gasteiger charge is 2.69. The van der Waals surface area contributed by atoms with E-state index in [0.29, 0.717) is 19.6 Å². The van der Waals surface area contributed by atoms with Gasteiger partial charge in [0.1, 0.15) is 12.1 Å². The molecule has 0 aromatic rings. The summed E-state index contributed by atoms with van der Waals surface area (Å²) in [4.78, 5) is 37.2. The van der Waals surface area contributed by atoms with Gasteiger partial charge in [-0.05, 0) is 30.1 Å². The molecule has 7 nitrogen and oxygen atoms in total. The molecule has 1 aliphatic carbocycles. The Hall–Kier alpha value is -1.84. The van der Waals surface area contributed by atoms with Gasteiger partial charge in [0.2, 0.25) is 5.91 Å². The maximum Gasteiger partial charge on any atom is 0.471 e. The van der Waals surface area contributed by atoms with Crippen LogP contribution >= 0.6 is 0 Å². The first kappa shape index (κ1) is 19.9. The average Bonchev–Trinajstić information content (AvgIpc) is 3.01. The van der Waals surface area contributed by atoms with Gasteiger partial charge in [0.05, 0.1) is 0 Å². The van der Waals surface area contributed by atoms with Crippen LogP contribution in [0, 0.1) is 23.2 Å². The zero-order chi connectivity index (χ0) is 20.1. The maximum absolute atomic E-state index is 12.9. The molecule has 27 heavy (non-hydrogen) atoms. The minimum atomic E-state index is -5.12. The molecule has 0 spiro atoms. The SMILES string of the molecule is CC1(C)[C@@H]2[C@@H](C(=O)O)N(C(=O)C(CC3CCOC3)NC(=O)C(F)(F)F)C[C@@H]21. The van der Waals surface area contributed by atoms with Gasteiger partial charge >= 0.3 is 18.1 Å². The van der Waals surface area contributed by atoms with Crippen molar-refractivity contribution >= 4 is 17.8 Å². The molecule has 5 atom stereocenters. The number of alkyl halides is 3. The molecular formula is C17H23F3N2O5. The number of amides is 2. The summed E-state index contributed by atoms with van der Waals surface area (Å²) < 4.78 is 43.2. The van der Waals surface area contributed by atoms with Crippen LogP contribution in [0.2, 0.25) is 0 Å². The summed E-state index contributed by atoms with van der Waals surface area (Å²) in [6, 6.07) is -2.50. The number of hydrogen-bond acceptors (Lipinski definition) is 4. The van der Waals surface area contributed by atoms with Crippen molar-refractivity contribution < 1.29 is 37.4 Å². The zero-order valence-corrected chi connectivity index (χ0v) is 15.1. The maximum atomic E-state index is 12.9. The van der Waals surface area contributed by atoms with Gasteiger partial charge in [-0.15, -0.1) is 0 Å². The fourth-order valence-corrected chi connectivity index (χ4v) is 4.56. The van der Waals surface area contributed by atoms with E-state index in [4.69, 9.17) is 4.74 Å². The summed E-state index contributed by atoms with van der Waals surface area (Å²) in [5.74, 6) is -4.54. The fourth-order valence-electron chi connectivity index (χ4n) is 4.56. The number of carbonyl (C=O) groups is 3. The molecule has 3 aliphatic rings. The molecule has 152 valence electrons. The lowest BCUT2D eigenvalue weighted by molar-refractivity contribution is -0.175. The lowest BCUT2D eigenvalue weighted by Gasteiger charge is -2.32. The molecule has 10 heteroatoms. The summed E-state index contributed by atoms with van der Waals surface area (Å²) in [7, 11) is 0. The van der Waals surface area contributed by atoms with E-state index >= 15 is 0 Å². The molecule has 0 aromatic carbocycles. The quantitative estimate of drug-likeness (QED) is 0.729. The number of hydrogen-bond donors (Lipinski definition) is 2. The van der Waals surface area contributed by atoms with E-state index in [-0.39, 0.29) is 36.1 Å². The van der Waals surface area contributed by atoms with E-state index in [9.17, 15) is 32.7 Å². The summed E-state index contributed by atoms with van der Waals surface area (Å²) >= 11 is 0. The number of aliphatic carboxylic acids is 1. The van der Waals surface area contributed by atoms with Gasteiger partial charge in [-0.25, -0.2) is 4.79 Å². The number of carboxylic acids is 1. The Labute approximate surface area is 154 Å². The van der Waals surface area contributed by atoms with E-state index in [0.717, 1.165) is 4.90 Å². The van der Waals surface area contributed by atoms with Crippen LogP contribution in [0.5, 0.6) is 0 Å². The van der Waals surface area contributed by atoms with Crippen molar-refractivity contribution in [3.63, 3.8) is 0 Å². The number of likely N-dealkylation sites (tertiary alicyclic amines) is 1. The summed E-state index contributed by atoms with van der Waals surface area (Å²) in [6.45, 7) is 4.75. The molecule has 2 N–H and O–H groups in total. The first-order valence-corrected chi connectivity index (χ1v) is 8.93. The number of piperidine rings is 1. The summed E-state index contributed by atoms with van der Waals surface area (Å²) in [5, 5.41) is 11.3. The second-order valence-corrected chi connectivity index (χ2v) is 8.22. The van der Waals surface area contributed by atoms with E-state index in [2.05, 4.69) is 0 Å². The van der Waals surface area contributed by atoms with Crippen molar-refractivity contribution in [3.05, 3.63) is 0 Å². The molecule has 2 saturated heterocycles. The van der Waals surface area contributed by atoms with Crippen molar-refractivity contribution in [2.24, 2.45) is 23.2 Å². The number of nitrogens with zero attached hydrogens (tertiary/aromatic N) is 1. The lowest BCUT2D eigenvalue weighted by atomic mass is 9.96. The first-order chi connectivity index (χ1) is 12.4. The number of rotatable bonds is 5. The normalized spacial score (nSPS) is 32.7. The van der Waals surface area contributed by atoms with Gasteiger partial charge in [-0.1, -0.05) is 13.8 Å². The van der Waals surface area contributed by atoms with Gasteiger partial charge in [0.15, 0.2) is 0 Å². The summed E-state index contributed by atoms with van der Waals surface area (Å²) in [5.41, 5.74) is -0.218. The van der Waals surface area contributed by atoms with Gasteiger partial charge in [0.25, 0.3) is 0 Å². The van der Waals surface area contributed by atoms with Crippen LogP contribution < -0.4 is 5.32 Å². The summed E-state index contributed by atoms with van der Waals surface area (Å²) in [6.07, 6.45) is -4.55. The predicted molar refractivity (Wildman–Crippen MR) is 85.4 cm³/mol. The Bertz CT molecular complexity index is 645. The van der Waals surface area contributed by atoms with Crippen LogP contribution in [0.15, 0.2) is 0 Å². The molecule has 2 unspecified atom stereocenters. The molecule has 1 saturated carbocycles. The predicted octanol–water partition coefficient (Wildman–Crippen LogP) is 1.03. The van der Waals surface area contributed by atoms with Crippen molar-refractivity contribution in [1.29, 1.82) is 0 Å². The molecule has 3 fully saturated rings. The Morgan fingerprint density at radius 1 is 1.33 bits per heavy atom. The number of halogens is 3. The van der Waals surface area contributed by atoms with Gasteiger partial charge in [0, 0.05) is 25.7 Å². The number of fused-ring (bicyclic) bond motifs is 1. The van der Waals surface area contributed by atoms with Gasteiger partial charge in [-0.3, -0.25) is 9.59 Å². The fraction of sp³-hybridized carbons (Fsp3) is 0.824. The molecule has 0 bridgehead atoms. The number of carboxylic acid groups (broad SMARTS) is 1. The van der Waals surface area contributed by atoms with Crippen LogP contribution in [-0.4, -0.2) is 65.8 Å². The molecular weight excluding hydrogens is 369 g/mol. The van der Waals surface area contributed by atoms with Gasteiger partial charge in [-0.2, -0.15) is 13.2 Å².